The van der Waals surface area contributed by atoms with Crippen molar-refractivity contribution in [3.05, 3.63) is 58.6 Å². The standard InChI is InChI=1S/C19H20ClN5O/c1-4-17(19(26)21-16-10-5-12(2)11-13(16)3)25-23-18(22-24-25)14-6-8-15(20)9-7-14/h5-11,17H,4H2,1-3H3,(H,21,26)/t17-/m1/s1. The van der Waals surface area contributed by atoms with Crippen LogP contribution in [-0.4, -0.2) is 26.1 Å². The SMILES string of the molecule is CC[C@H](C(=O)Nc1ccc(C)cc1C)n1nnc(-c2ccc(Cl)cc2)n1. The van der Waals surface area contributed by atoms with Crippen molar-refractivity contribution in [3.63, 3.8) is 0 Å². The van der Waals surface area contributed by atoms with Crippen LogP contribution < -0.4 is 5.32 Å². The number of aryl methyl sites for hydroxylation is 2. The molecule has 1 amide bonds. The van der Waals surface area contributed by atoms with Crippen LogP contribution in [0.25, 0.3) is 11.4 Å². The van der Waals surface area contributed by atoms with Gasteiger partial charge in [0.05, 0.1) is 0 Å². The van der Waals surface area contributed by atoms with Gasteiger partial charge in [-0.15, -0.1) is 10.2 Å². The molecule has 1 aromatic heterocycles. The average molecular weight is 370 g/mol. The minimum absolute atomic E-state index is 0.167. The minimum Gasteiger partial charge on any atom is -0.324 e. The fourth-order valence-electron chi connectivity index (χ4n) is 2.70. The Labute approximate surface area is 157 Å². The van der Waals surface area contributed by atoms with Gasteiger partial charge < -0.3 is 5.32 Å². The third kappa shape index (κ3) is 3.91. The first-order chi connectivity index (χ1) is 12.5. The smallest absolute Gasteiger partial charge is 0.251 e. The van der Waals surface area contributed by atoms with Gasteiger partial charge in [-0.2, -0.15) is 4.80 Å². The zero-order chi connectivity index (χ0) is 18.7. The summed E-state index contributed by atoms with van der Waals surface area (Å²) >= 11 is 5.90. The number of halogens is 1. The van der Waals surface area contributed by atoms with E-state index >= 15 is 0 Å². The van der Waals surface area contributed by atoms with Crippen molar-refractivity contribution < 1.29 is 4.79 Å². The van der Waals surface area contributed by atoms with Crippen molar-refractivity contribution in [2.45, 2.75) is 33.2 Å². The number of anilines is 1. The fourth-order valence-corrected chi connectivity index (χ4v) is 2.82. The van der Waals surface area contributed by atoms with Gasteiger partial charge in [-0.3, -0.25) is 4.79 Å². The molecular formula is C19H20ClN5O. The molecule has 1 atom stereocenters. The van der Waals surface area contributed by atoms with Crippen LogP contribution in [0.5, 0.6) is 0 Å². The van der Waals surface area contributed by atoms with Crippen molar-refractivity contribution >= 4 is 23.2 Å². The molecule has 0 radical (unpaired) electrons. The van der Waals surface area contributed by atoms with Gasteiger partial charge in [-0.05, 0) is 61.4 Å². The van der Waals surface area contributed by atoms with Gasteiger partial charge in [-0.25, -0.2) is 0 Å². The zero-order valence-corrected chi connectivity index (χ0v) is 15.7. The quantitative estimate of drug-likeness (QED) is 0.731. The topological polar surface area (TPSA) is 72.7 Å². The molecule has 0 saturated heterocycles. The van der Waals surface area contributed by atoms with E-state index in [0.717, 1.165) is 22.4 Å². The summed E-state index contributed by atoms with van der Waals surface area (Å²) in [7, 11) is 0. The van der Waals surface area contributed by atoms with Gasteiger partial charge in [0.1, 0.15) is 0 Å². The number of benzene rings is 2. The molecule has 134 valence electrons. The number of amides is 1. The van der Waals surface area contributed by atoms with Crippen molar-refractivity contribution in [3.8, 4) is 11.4 Å². The third-order valence-corrected chi connectivity index (χ3v) is 4.39. The van der Waals surface area contributed by atoms with Crippen molar-refractivity contribution in [2.24, 2.45) is 0 Å². The lowest BCUT2D eigenvalue weighted by molar-refractivity contribution is -0.120. The van der Waals surface area contributed by atoms with Crippen LogP contribution in [0.4, 0.5) is 5.69 Å². The normalized spacial score (nSPS) is 12.0. The van der Waals surface area contributed by atoms with Gasteiger partial charge in [0.25, 0.3) is 5.91 Å². The van der Waals surface area contributed by atoms with E-state index in [4.69, 9.17) is 11.6 Å². The van der Waals surface area contributed by atoms with E-state index in [1.165, 1.54) is 4.80 Å². The number of hydrogen-bond acceptors (Lipinski definition) is 4. The Kier molecular flexibility index (Phi) is 5.32. The van der Waals surface area contributed by atoms with Crippen LogP contribution in [0.15, 0.2) is 42.5 Å². The number of nitrogens with one attached hydrogen (secondary N) is 1. The van der Waals surface area contributed by atoms with Crippen molar-refractivity contribution in [1.29, 1.82) is 0 Å². The van der Waals surface area contributed by atoms with Gasteiger partial charge in [0.15, 0.2) is 6.04 Å². The first-order valence-corrected chi connectivity index (χ1v) is 8.79. The number of rotatable bonds is 5. The molecule has 0 aliphatic heterocycles. The highest BCUT2D eigenvalue weighted by Gasteiger charge is 2.22. The summed E-state index contributed by atoms with van der Waals surface area (Å²) in [5.74, 6) is 0.291. The van der Waals surface area contributed by atoms with Crippen LogP contribution >= 0.6 is 11.6 Å². The summed E-state index contributed by atoms with van der Waals surface area (Å²) in [4.78, 5) is 14.1. The number of hydrogen-bond donors (Lipinski definition) is 1. The van der Waals surface area contributed by atoms with E-state index in [9.17, 15) is 4.79 Å². The second kappa shape index (κ2) is 7.66. The average Bonchev–Trinajstić information content (AvgIpc) is 3.08. The van der Waals surface area contributed by atoms with Gasteiger partial charge in [0.2, 0.25) is 5.82 Å². The van der Waals surface area contributed by atoms with Gasteiger partial charge >= 0.3 is 0 Å². The number of carbonyl (C=O) groups excluding carboxylic acids is 1. The Balaban J connectivity index is 1.80. The largest absolute Gasteiger partial charge is 0.324 e. The van der Waals surface area contributed by atoms with Crippen LogP contribution in [0.2, 0.25) is 5.02 Å². The predicted molar refractivity (Wildman–Crippen MR) is 102 cm³/mol. The van der Waals surface area contributed by atoms with E-state index in [2.05, 4.69) is 20.7 Å². The van der Waals surface area contributed by atoms with Crippen LogP contribution in [0.3, 0.4) is 0 Å². The van der Waals surface area contributed by atoms with Crippen LogP contribution in [0.1, 0.15) is 30.5 Å². The maximum atomic E-state index is 12.7. The first kappa shape index (κ1) is 18.1. The Morgan fingerprint density at radius 3 is 2.58 bits per heavy atom. The summed E-state index contributed by atoms with van der Waals surface area (Å²) in [6.45, 7) is 5.90. The molecule has 0 spiro atoms. The molecule has 3 rings (SSSR count). The monoisotopic (exact) mass is 369 g/mol. The molecule has 0 bridgehead atoms. The second-order valence-electron chi connectivity index (χ2n) is 6.17. The predicted octanol–water partition coefficient (Wildman–Crippen LogP) is 4.20. The summed E-state index contributed by atoms with van der Waals surface area (Å²) < 4.78 is 0. The van der Waals surface area contributed by atoms with Gasteiger partial charge in [0, 0.05) is 16.3 Å². The van der Waals surface area contributed by atoms with Gasteiger partial charge in [-0.1, -0.05) is 36.2 Å². The highest BCUT2D eigenvalue weighted by Crippen LogP contribution is 2.21. The molecule has 1 N–H and O–H groups in total. The highest BCUT2D eigenvalue weighted by molar-refractivity contribution is 6.30. The Bertz CT molecular complexity index is 920. The Morgan fingerprint density at radius 2 is 1.92 bits per heavy atom. The zero-order valence-electron chi connectivity index (χ0n) is 14.9. The van der Waals surface area contributed by atoms with Crippen molar-refractivity contribution in [2.75, 3.05) is 5.32 Å². The van der Waals surface area contributed by atoms with E-state index in [1.54, 1.807) is 12.1 Å². The summed E-state index contributed by atoms with van der Waals surface area (Å²) in [5, 5.41) is 16.1. The van der Waals surface area contributed by atoms with Crippen LogP contribution in [-0.2, 0) is 4.79 Å². The fraction of sp³-hybridized carbons (Fsp3) is 0.263. The summed E-state index contributed by atoms with van der Waals surface area (Å²) in [5.41, 5.74) is 3.75. The Hall–Kier alpha value is -2.73. The Morgan fingerprint density at radius 1 is 1.19 bits per heavy atom. The third-order valence-electron chi connectivity index (χ3n) is 4.14. The van der Waals surface area contributed by atoms with E-state index < -0.39 is 6.04 Å². The molecule has 0 unspecified atom stereocenters. The van der Waals surface area contributed by atoms with Crippen LogP contribution in [0, 0.1) is 13.8 Å². The summed E-state index contributed by atoms with van der Waals surface area (Å²) in [6, 6.07) is 12.5. The van der Waals surface area contributed by atoms with E-state index in [1.807, 2.05) is 51.1 Å². The van der Waals surface area contributed by atoms with E-state index in [0.29, 0.717) is 17.3 Å². The lowest BCUT2D eigenvalue weighted by atomic mass is 10.1. The first-order valence-electron chi connectivity index (χ1n) is 8.41. The molecule has 0 saturated carbocycles. The number of tetrazole rings is 1. The lowest BCUT2D eigenvalue weighted by Crippen LogP contribution is -2.27. The molecule has 7 heteroatoms. The molecule has 0 aliphatic rings. The molecular weight excluding hydrogens is 350 g/mol. The molecule has 0 aliphatic carbocycles. The molecule has 2 aromatic carbocycles. The van der Waals surface area contributed by atoms with Crippen molar-refractivity contribution in [1.82, 2.24) is 20.2 Å². The molecule has 26 heavy (non-hydrogen) atoms. The lowest BCUT2D eigenvalue weighted by Gasteiger charge is -2.15. The summed E-state index contributed by atoms with van der Waals surface area (Å²) in [6.07, 6.45) is 0.549. The molecule has 1 heterocycles. The number of aromatic nitrogens is 4. The molecule has 6 nitrogen and oxygen atoms in total. The number of carbonyl (C=O) groups is 1. The number of nitrogens with zero attached hydrogens (tertiary/aromatic N) is 4. The maximum absolute atomic E-state index is 12.7. The maximum Gasteiger partial charge on any atom is 0.251 e. The molecule has 3 aromatic rings. The van der Waals surface area contributed by atoms with E-state index in [-0.39, 0.29) is 5.91 Å². The minimum atomic E-state index is -0.538. The highest BCUT2D eigenvalue weighted by atomic mass is 35.5. The second-order valence-corrected chi connectivity index (χ2v) is 6.61. The molecule has 0 fully saturated rings.